The molecular formula is C39H34IrN2O-2. The minimum atomic E-state index is -2.28. The molecule has 4 aromatic carbocycles. The second kappa shape index (κ2) is 12.2. The van der Waals surface area contributed by atoms with Gasteiger partial charge >= 0.3 is 0 Å². The van der Waals surface area contributed by atoms with Gasteiger partial charge in [0.05, 0.1) is 5.75 Å². The molecule has 0 saturated heterocycles. The molecule has 217 valence electrons. The molecule has 43 heavy (non-hydrogen) atoms. The van der Waals surface area contributed by atoms with Gasteiger partial charge in [0.15, 0.2) is 0 Å². The summed E-state index contributed by atoms with van der Waals surface area (Å²) in [7, 11) is 0. The van der Waals surface area contributed by atoms with Crippen LogP contribution >= 0.6 is 0 Å². The Morgan fingerprint density at radius 3 is 2.35 bits per heavy atom. The van der Waals surface area contributed by atoms with Gasteiger partial charge in [-0.2, -0.15) is 0 Å². The summed E-state index contributed by atoms with van der Waals surface area (Å²) < 4.78 is 74.1. The summed E-state index contributed by atoms with van der Waals surface area (Å²) in [5.41, 5.74) is 6.25. The number of hydrogen-bond acceptors (Lipinski definition) is 3. The molecule has 6 aromatic rings. The summed E-state index contributed by atoms with van der Waals surface area (Å²) in [5, 5.41) is 1.78. The summed E-state index contributed by atoms with van der Waals surface area (Å²) in [6.07, 6.45) is 3.10. The second-order valence-electron chi connectivity index (χ2n) is 11.1. The Balaban J connectivity index is 0.000000217. The first kappa shape index (κ1) is 20.7. The Labute approximate surface area is 281 Å². The third-order valence-corrected chi connectivity index (χ3v) is 7.18. The molecular weight excluding hydrogens is 705 g/mol. The van der Waals surface area contributed by atoms with Gasteiger partial charge in [-0.05, 0) is 64.2 Å². The molecule has 1 aliphatic heterocycles. The van der Waals surface area contributed by atoms with E-state index in [2.05, 4.69) is 48.9 Å². The van der Waals surface area contributed by atoms with Crippen LogP contribution in [0, 0.1) is 32.7 Å². The molecule has 0 bridgehead atoms. The number of aryl methyl sites for hydroxylation is 3. The van der Waals surface area contributed by atoms with Crippen LogP contribution in [0.3, 0.4) is 0 Å². The minimum Gasteiger partial charge on any atom is -0.500 e. The van der Waals surface area contributed by atoms with E-state index in [0.717, 1.165) is 38.7 Å². The molecule has 3 heterocycles. The van der Waals surface area contributed by atoms with Crippen LogP contribution < -0.4 is 4.74 Å². The van der Waals surface area contributed by atoms with Crippen LogP contribution in [0.15, 0.2) is 97.3 Å². The molecule has 0 fully saturated rings. The Bertz CT molecular complexity index is 2170. The van der Waals surface area contributed by atoms with Crippen molar-refractivity contribution in [1.29, 1.82) is 0 Å². The predicted molar refractivity (Wildman–Crippen MR) is 173 cm³/mol. The van der Waals surface area contributed by atoms with Crippen molar-refractivity contribution in [2.24, 2.45) is 0 Å². The van der Waals surface area contributed by atoms with Crippen LogP contribution in [0.25, 0.3) is 44.4 Å². The van der Waals surface area contributed by atoms with E-state index in [1.165, 1.54) is 24.4 Å². The van der Waals surface area contributed by atoms with E-state index in [0.29, 0.717) is 22.8 Å². The Hall–Kier alpha value is -4.11. The average Bonchev–Trinajstić information content (AvgIpc) is 3.07. The maximum Gasteiger partial charge on any atom is 0.125 e. The summed E-state index contributed by atoms with van der Waals surface area (Å²) in [5.74, 6) is 0.992. The van der Waals surface area contributed by atoms with Crippen molar-refractivity contribution in [3.8, 4) is 45.1 Å². The molecule has 0 spiro atoms. The van der Waals surface area contributed by atoms with Gasteiger partial charge in [-0.25, -0.2) is 0 Å². The monoisotopic (exact) mass is 748 g/mol. The zero-order chi connectivity index (χ0) is 36.9. The largest absolute Gasteiger partial charge is 0.500 e. The van der Waals surface area contributed by atoms with Crippen molar-refractivity contribution in [3.63, 3.8) is 0 Å². The molecule has 0 amide bonds. The minimum absolute atomic E-state index is 0. The molecule has 2 aromatic heterocycles. The summed E-state index contributed by atoms with van der Waals surface area (Å²) in [6, 6.07) is 31.1. The van der Waals surface area contributed by atoms with Gasteiger partial charge in [0.25, 0.3) is 0 Å². The van der Waals surface area contributed by atoms with Gasteiger partial charge in [0.2, 0.25) is 0 Å². The number of fused-ring (bicyclic) bond motifs is 2. The van der Waals surface area contributed by atoms with Crippen LogP contribution in [0.1, 0.15) is 55.4 Å². The zero-order valence-corrected chi connectivity index (χ0v) is 26.3. The Morgan fingerprint density at radius 1 is 0.767 bits per heavy atom. The van der Waals surface area contributed by atoms with Crippen molar-refractivity contribution in [2.45, 2.75) is 46.7 Å². The van der Waals surface area contributed by atoms with Gasteiger partial charge in [0, 0.05) is 50.2 Å². The van der Waals surface area contributed by atoms with Crippen molar-refractivity contribution < 1.29 is 37.2 Å². The number of aromatic nitrogens is 2. The maximum atomic E-state index is 8.02. The van der Waals surface area contributed by atoms with Crippen molar-refractivity contribution >= 4 is 10.8 Å². The SMILES string of the molecule is [2H]C([2H])([2H])c1c[c-]c(-c2ccc(C([2H])([2H])[2H])cn2)cc1.[2H]C([2H])([2H])c1ccc2cccc3c2c1Oc1c(-c2cc(C(C)(C)C)ccn2)[c-]ccc1-3.[Ir]. The van der Waals surface area contributed by atoms with E-state index in [1.54, 1.807) is 24.4 Å². The number of pyridine rings is 2. The number of benzene rings is 4. The molecule has 7 rings (SSSR count). The fourth-order valence-corrected chi connectivity index (χ4v) is 4.94. The van der Waals surface area contributed by atoms with E-state index in [1.807, 2.05) is 42.5 Å². The average molecular weight is 748 g/mol. The Kier molecular flexibility index (Phi) is 5.90. The summed E-state index contributed by atoms with van der Waals surface area (Å²) >= 11 is 0. The molecule has 4 heteroatoms. The van der Waals surface area contributed by atoms with Gasteiger partial charge < -0.3 is 14.7 Å². The second-order valence-corrected chi connectivity index (χ2v) is 11.1. The van der Waals surface area contributed by atoms with Crippen molar-refractivity contribution in [2.75, 3.05) is 0 Å². The number of ether oxygens (including phenoxy) is 1. The van der Waals surface area contributed by atoms with E-state index in [4.69, 9.17) is 17.1 Å². The Morgan fingerprint density at radius 2 is 1.63 bits per heavy atom. The number of rotatable bonds is 2. The van der Waals surface area contributed by atoms with Gasteiger partial charge in [-0.15, -0.1) is 53.6 Å². The van der Waals surface area contributed by atoms with E-state index >= 15 is 0 Å². The van der Waals surface area contributed by atoms with E-state index < -0.39 is 20.6 Å². The molecule has 0 atom stereocenters. The summed E-state index contributed by atoms with van der Waals surface area (Å²) in [6.45, 7) is -0.143. The fourth-order valence-electron chi connectivity index (χ4n) is 4.94. The number of nitrogens with zero attached hydrogens (tertiary/aromatic N) is 2. The van der Waals surface area contributed by atoms with Crippen LogP contribution in [-0.4, -0.2) is 9.97 Å². The molecule has 0 aliphatic carbocycles. The molecule has 3 nitrogen and oxygen atoms in total. The molecule has 0 N–H and O–H groups in total. The first-order valence-corrected chi connectivity index (χ1v) is 13.6. The third kappa shape index (κ3) is 6.18. The molecule has 0 saturated carbocycles. The smallest absolute Gasteiger partial charge is 0.125 e. The first-order valence-electron chi connectivity index (χ1n) is 18.1. The van der Waals surface area contributed by atoms with Crippen molar-refractivity contribution in [3.05, 3.63) is 132 Å². The quantitative estimate of drug-likeness (QED) is 0.165. The van der Waals surface area contributed by atoms with Crippen LogP contribution in [0.2, 0.25) is 0 Å². The fraction of sp³-hybridized carbons (Fsp3) is 0.179. The van der Waals surface area contributed by atoms with E-state index in [9.17, 15) is 0 Å². The predicted octanol–water partition coefficient (Wildman–Crippen LogP) is 10.2. The normalized spacial score (nSPS) is 15.5. The molecule has 1 radical (unpaired) electrons. The molecule has 1 aliphatic rings. The van der Waals surface area contributed by atoms with E-state index in [-0.39, 0.29) is 42.2 Å². The summed E-state index contributed by atoms with van der Waals surface area (Å²) in [4.78, 5) is 8.66. The van der Waals surface area contributed by atoms with Crippen molar-refractivity contribution in [1.82, 2.24) is 9.97 Å². The van der Waals surface area contributed by atoms with Crippen LogP contribution in [0.4, 0.5) is 0 Å². The topological polar surface area (TPSA) is 35.0 Å². The first-order chi connectivity index (χ1) is 23.8. The number of hydrogen-bond donors (Lipinski definition) is 0. The molecule has 0 unspecified atom stereocenters. The zero-order valence-electron chi connectivity index (χ0n) is 32.9. The standard InChI is InChI=1S/C26H22NO.C13H12N.Ir/c1-16-11-12-17-7-5-8-19-20-9-6-10-21(25(20)28-24(16)23(17)19)22-15-18(13-14-27-22)26(2,3)4;1-10-3-6-12(7-4-10)13-8-5-11(2)9-14-13;/h5-9,11-15H,1-4H3;3-6,8-9H,1-2H3;/q2*-1;/i1D3;1D3,2D3;. The van der Waals surface area contributed by atoms with Crippen LogP contribution in [-0.2, 0) is 25.5 Å². The third-order valence-electron chi connectivity index (χ3n) is 7.18. The van der Waals surface area contributed by atoms with Crippen LogP contribution in [0.5, 0.6) is 11.5 Å². The maximum absolute atomic E-state index is 8.02. The van der Waals surface area contributed by atoms with Gasteiger partial charge in [-0.1, -0.05) is 87.3 Å². The van der Waals surface area contributed by atoms with Gasteiger partial charge in [-0.3, -0.25) is 0 Å². The van der Waals surface area contributed by atoms with Gasteiger partial charge in [0.1, 0.15) is 5.75 Å².